The van der Waals surface area contributed by atoms with Crippen molar-refractivity contribution >= 4 is 17.3 Å². The second-order valence-electron chi connectivity index (χ2n) is 8.60. The summed E-state index contributed by atoms with van der Waals surface area (Å²) in [7, 11) is 0. The quantitative estimate of drug-likeness (QED) is 0.215. The van der Waals surface area contributed by atoms with Gasteiger partial charge >= 0.3 is 6.18 Å². The Bertz CT molecular complexity index is 1480. The first-order valence-electron chi connectivity index (χ1n) is 11.5. The van der Waals surface area contributed by atoms with Crippen LogP contribution in [0.2, 0.25) is 0 Å². The number of halogens is 3. The molecule has 0 bridgehead atoms. The van der Waals surface area contributed by atoms with Crippen LogP contribution in [0.4, 0.5) is 24.5 Å². The molecule has 0 spiro atoms. The Hall–Kier alpha value is -4.67. The van der Waals surface area contributed by atoms with Crippen LogP contribution in [0.3, 0.4) is 0 Å². The third-order valence-corrected chi connectivity index (χ3v) is 5.85. The minimum Gasteiger partial charge on any atom is -0.489 e. The summed E-state index contributed by atoms with van der Waals surface area (Å²) >= 11 is 0. The second-order valence-corrected chi connectivity index (χ2v) is 8.60. The van der Waals surface area contributed by atoms with Gasteiger partial charge in [-0.25, -0.2) is 0 Å². The van der Waals surface area contributed by atoms with Crippen molar-refractivity contribution in [1.82, 2.24) is 9.78 Å². The van der Waals surface area contributed by atoms with E-state index in [1.54, 1.807) is 48.9 Å². The van der Waals surface area contributed by atoms with Crippen molar-refractivity contribution in [3.05, 3.63) is 117 Å². The lowest BCUT2D eigenvalue weighted by atomic mass is 10.1. The van der Waals surface area contributed by atoms with Gasteiger partial charge in [-0.3, -0.25) is 19.6 Å². The maximum Gasteiger partial charge on any atom is 0.416 e. The van der Waals surface area contributed by atoms with Gasteiger partial charge in [0.05, 0.1) is 34.1 Å². The van der Waals surface area contributed by atoms with Crippen molar-refractivity contribution in [2.45, 2.75) is 33.2 Å². The lowest BCUT2D eigenvalue weighted by Gasteiger charge is -2.11. The van der Waals surface area contributed by atoms with Crippen LogP contribution >= 0.6 is 0 Å². The summed E-state index contributed by atoms with van der Waals surface area (Å²) in [5.41, 5.74) is 2.36. The maximum absolute atomic E-state index is 13.1. The molecule has 1 aromatic heterocycles. The van der Waals surface area contributed by atoms with Crippen LogP contribution in [0.1, 0.15) is 38.4 Å². The number of nitrogens with one attached hydrogen (secondary N) is 1. The fraction of sp³-hybridized carbons (Fsp3) is 0.185. The van der Waals surface area contributed by atoms with Gasteiger partial charge in [0.25, 0.3) is 11.6 Å². The summed E-state index contributed by atoms with van der Waals surface area (Å²) in [4.78, 5) is 23.3. The Kier molecular flexibility index (Phi) is 7.47. The Morgan fingerprint density at radius 3 is 2.39 bits per heavy atom. The molecule has 0 fully saturated rings. The van der Waals surface area contributed by atoms with Gasteiger partial charge in [0.2, 0.25) is 0 Å². The lowest BCUT2D eigenvalue weighted by molar-refractivity contribution is -0.384. The van der Waals surface area contributed by atoms with E-state index in [9.17, 15) is 28.1 Å². The number of alkyl halides is 3. The van der Waals surface area contributed by atoms with Gasteiger partial charge in [-0.2, -0.15) is 18.3 Å². The van der Waals surface area contributed by atoms with Crippen LogP contribution in [0.5, 0.6) is 5.75 Å². The van der Waals surface area contributed by atoms with Gasteiger partial charge in [-0.05, 0) is 61.4 Å². The molecule has 11 heteroatoms. The van der Waals surface area contributed by atoms with E-state index in [0.29, 0.717) is 39.5 Å². The SMILES string of the molecule is Cc1nn(Cc2cccc(C(F)(F)F)c2)c(C)c1NC(=O)c1cccc(COc2ccc([N+](=O)[O-])cc2)c1. The van der Waals surface area contributed by atoms with E-state index in [-0.39, 0.29) is 24.7 Å². The average Bonchev–Trinajstić information content (AvgIpc) is 3.14. The van der Waals surface area contributed by atoms with Gasteiger partial charge in [0.15, 0.2) is 0 Å². The molecule has 38 heavy (non-hydrogen) atoms. The summed E-state index contributed by atoms with van der Waals surface area (Å²) in [5.74, 6) is 0.0666. The standard InChI is InChI=1S/C27H23F3N4O4/c1-17-25(18(2)33(32-17)15-19-5-4-8-22(14-19)27(28,29)30)31-26(35)21-7-3-6-20(13-21)16-38-24-11-9-23(10-12-24)34(36)37/h3-14H,15-16H2,1-2H3,(H,31,35). The summed E-state index contributed by atoms with van der Waals surface area (Å²) < 4.78 is 46.4. The number of anilines is 1. The molecule has 8 nitrogen and oxygen atoms in total. The number of hydrogen-bond acceptors (Lipinski definition) is 5. The Morgan fingerprint density at radius 1 is 1.03 bits per heavy atom. The van der Waals surface area contributed by atoms with Crippen LogP contribution < -0.4 is 10.1 Å². The van der Waals surface area contributed by atoms with Crippen LogP contribution in [0.15, 0.2) is 72.8 Å². The number of ether oxygens (including phenoxy) is 1. The Labute approximate surface area is 215 Å². The number of nitrogens with zero attached hydrogens (tertiary/aromatic N) is 3. The molecule has 196 valence electrons. The van der Waals surface area contributed by atoms with Crippen LogP contribution in [0, 0.1) is 24.0 Å². The van der Waals surface area contributed by atoms with E-state index >= 15 is 0 Å². The fourth-order valence-electron chi connectivity index (χ4n) is 3.87. The summed E-state index contributed by atoms with van der Waals surface area (Å²) in [6, 6.07) is 17.5. The molecule has 0 saturated heterocycles. The summed E-state index contributed by atoms with van der Waals surface area (Å²) in [6.07, 6.45) is -4.44. The molecule has 0 saturated carbocycles. The molecular weight excluding hydrogens is 501 g/mol. The van der Waals surface area contributed by atoms with E-state index in [0.717, 1.165) is 12.1 Å². The smallest absolute Gasteiger partial charge is 0.416 e. The number of aryl methyl sites for hydroxylation is 1. The number of rotatable bonds is 8. The molecule has 0 aliphatic rings. The molecule has 1 N–H and O–H groups in total. The number of aromatic nitrogens is 2. The molecule has 1 amide bonds. The largest absolute Gasteiger partial charge is 0.489 e. The van der Waals surface area contributed by atoms with Crippen molar-refractivity contribution in [2.24, 2.45) is 0 Å². The molecule has 3 aromatic carbocycles. The maximum atomic E-state index is 13.1. The molecular formula is C27H23F3N4O4. The van der Waals surface area contributed by atoms with Crippen LogP contribution in [0.25, 0.3) is 0 Å². The van der Waals surface area contributed by atoms with Crippen molar-refractivity contribution in [3.63, 3.8) is 0 Å². The Morgan fingerprint density at radius 2 is 1.71 bits per heavy atom. The van der Waals surface area contributed by atoms with Crippen molar-refractivity contribution in [3.8, 4) is 5.75 Å². The zero-order chi connectivity index (χ0) is 27.4. The summed E-state index contributed by atoms with van der Waals surface area (Å²) in [6.45, 7) is 3.70. The second kappa shape index (κ2) is 10.8. The van der Waals surface area contributed by atoms with E-state index in [1.165, 1.54) is 30.3 Å². The highest BCUT2D eigenvalue weighted by molar-refractivity contribution is 6.05. The minimum atomic E-state index is -4.44. The zero-order valence-electron chi connectivity index (χ0n) is 20.5. The normalized spacial score (nSPS) is 11.3. The first-order valence-corrected chi connectivity index (χ1v) is 11.5. The Balaban J connectivity index is 1.44. The molecule has 0 radical (unpaired) electrons. The minimum absolute atomic E-state index is 0.0419. The van der Waals surface area contributed by atoms with E-state index in [4.69, 9.17) is 4.74 Å². The van der Waals surface area contributed by atoms with Crippen molar-refractivity contribution < 1.29 is 27.6 Å². The fourth-order valence-corrected chi connectivity index (χ4v) is 3.87. The van der Waals surface area contributed by atoms with Gasteiger partial charge in [-0.15, -0.1) is 0 Å². The van der Waals surface area contributed by atoms with Crippen LogP contribution in [-0.2, 0) is 19.3 Å². The number of carbonyl (C=O) groups is 1. The van der Waals surface area contributed by atoms with Gasteiger partial charge in [0.1, 0.15) is 12.4 Å². The number of nitro groups is 1. The monoisotopic (exact) mass is 524 g/mol. The van der Waals surface area contributed by atoms with E-state index in [1.807, 2.05) is 0 Å². The first-order chi connectivity index (χ1) is 18.0. The van der Waals surface area contributed by atoms with Crippen LogP contribution in [-0.4, -0.2) is 20.6 Å². The highest BCUT2D eigenvalue weighted by atomic mass is 19.4. The molecule has 4 aromatic rings. The number of benzene rings is 3. The zero-order valence-corrected chi connectivity index (χ0v) is 20.5. The predicted molar refractivity (Wildman–Crippen MR) is 134 cm³/mol. The number of non-ortho nitro benzene ring substituents is 1. The topological polar surface area (TPSA) is 99.3 Å². The molecule has 0 aliphatic carbocycles. The van der Waals surface area contributed by atoms with Gasteiger partial charge < -0.3 is 10.1 Å². The number of hydrogen-bond donors (Lipinski definition) is 1. The molecule has 4 rings (SSSR count). The highest BCUT2D eigenvalue weighted by Crippen LogP contribution is 2.30. The molecule has 0 unspecified atom stereocenters. The molecule has 0 aliphatic heterocycles. The third-order valence-electron chi connectivity index (χ3n) is 5.85. The van der Waals surface area contributed by atoms with Crippen molar-refractivity contribution in [1.29, 1.82) is 0 Å². The molecule has 0 atom stereocenters. The van der Waals surface area contributed by atoms with Gasteiger partial charge in [-0.1, -0.05) is 24.3 Å². The highest BCUT2D eigenvalue weighted by Gasteiger charge is 2.30. The average molecular weight is 524 g/mol. The first kappa shape index (κ1) is 26.4. The van der Waals surface area contributed by atoms with E-state index in [2.05, 4.69) is 10.4 Å². The van der Waals surface area contributed by atoms with E-state index < -0.39 is 16.7 Å². The van der Waals surface area contributed by atoms with Crippen molar-refractivity contribution in [2.75, 3.05) is 5.32 Å². The number of amides is 1. The number of nitro benzene ring substituents is 1. The lowest BCUT2D eigenvalue weighted by Crippen LogP contribution is -2.14. The third kappa shape index (κ3) is 6.17. The summed E-state index contributed by atoms with van der Waals surface area (Å²) in [5, 5.41) is 18.0. The predicted octanol–water partition coefficient (Wildman–Crippen LogP) is 6.31. The molecule has 1 heterocycles. The number of carbonyl (C=O) groups excluding carboxylic acids is 1. The van der Waals surface area contributed by atoms with Gasteiger partial charge in [0, 0.05) is 17.7 Å².